The van der Waals surface area contributed by atoms with Gasteiger partial charge in [-0.2, -0.15) is 0 Å². The Morgan fingerprint density at radius 3 is 2.89 bits per heavy atom. The summed E-state index contributed by atoms with van der Waals surface area (Å²) in [5.74, 6) is 0.607. The van der Waals surface area contributed by atoms with Crippen LogP contribution in [0.15, 0.2) is 45.9 Å². The highest BCUT2D eigenvalue weighted by molar-refractivity contribution is 8.00. The van der Waals surface area contributed by atoms with Gasteiger partial charge in [0.25, 0.3) is 6.20 Å². The molecule has 2 aromatic rings. The number of nitrogens with one attached hydrogen (secondary N) is 1. The highest BCUT2D eigenvalue weighted by atomic mass is 32.2. The molecular weight excluding hydrogens is 250 g/mol. The van der Waals surface area contributed by atoms with Crippen molar-refractivity contribution in [3.63, 3.8) is 0 Å². The van der Waals surface area contributed by atoms with Crippen molar-refractivity contribution in [3.05, 3.63) is 36.5 Å². The Morgan fingerprint density at radius 1 is 1.44 bits per heavy atom. The second-order valence-corrected chi connectivity index (χ2v) is 4.62. The van der Waals surface area contributed by atoms with Crippen LogP contribution < -0.4 is 10.00 Å². The number of hydrogen-bond acceptors (Lipinski definition) is 4. The summed E-state index contributed by atoms with van der Waals surface area (Å²) in [7, 11) is 0. The Balaban J connectivity index is 1.82. The van der Waals surface area contributed by atoms with Crippen molar-refractivity contribution in [2.45, 2.75) is 18.4 Å². The van der Waals surface area contributed by atoms with Crippen molar-refractivity contribution in [1.29, 1.82) is 0 Å². The third-order valence-corrected chi connectivity index (χ3v) is 3.22. The fraction of sp³-hybridized carbons (Fsp3) is 0.250. The number of amides is 1. The van der Waals surface area contributed by atoms with E-state index in [9.17, 15) is 4.79 Å². The molecule has 0 unspecified atom stereocenters. The van der Waals surface area contributed by atoms with E-state index in [4.69, 9.17) is 4.52 Å². The molecule has 1 aromatic heterocycles. The number of rotatable bonds is 5. The molecule has 1 N–H and O–H groups in total. The number of hydrogen-bond donors (Lipinski definition) is 1. The molecule has 94 valence electrons. The second kappa shape index (κ2) is 6.20. The predicted octanol–water partition coefficient (Wildman–Crippen LogP) is 1.71. The Hall–Kier alpha value is -1.82. The molecule has 0 saturated carbocycles. The van der Waals surface area contributed by atoms with Crippen LogP contribution in [0.3, 0.4) is 0 Å². The lowest BCUT2D eigenvalue weighted by atomic mass is 10.4. The maximum Gasteiger partial charge on any atom is 0.302 e. The fourth-order valence-corrected chi connectivity index (χ4v) is 2.04. The van der Waals surface area contributed by atoms with Crippen molar-refractivity contribution in [2.75, 3.05) is 11.1 Å². The molecular formula is C12H14N3O2S+. The molecule has 5 nitrogen and oxygen atoms in total. The van der Waals surface area contributed by atoms with Crippen LogP contribution >= 0.6 is 11.8 Å². The molecule has 2 rings (SSSR count). The van der Waals surface area contributed by atoms with E-state index in [1.54, 1.807) is 10.9 Å². The van der Waals surface area contributed by atoms with Crippen LogP contribution in [0.1, 0.15) is 6.92 Å². The third kappa shape index (κ3) is 3.59. The van der Waals surface area contributed by atoms with E-state index in [-0.39, 0.29) is 5.91 Å². The third-order valence-electron chi connectivity index (χ3n) is 2.21. The van der Waals surface area contributed by atoms with Crippen LogP contribution in [0.5, 0.6) is 0 Å². The van der Waals surface area contributed by atoms with Gasteiger partial charge in [-0.15, -0.1) is 11.8 Å². The van der Waals surface area contributed by atoms with Crippen LogP contribution in [-0.4, -0.2) is 16.9 Å². The Bertz CT molecular complexity index is 513. The van der Waals surface area contributed by atoms with Crippen molar-refractivity contribution >= 4 is 23.6 Å². The van der Waals surface area contributed by atoms with Crippen molar-refractivity contribution < 1.29 is 14.0 Å². The quantitative estimate of drug-likeness (QED) is 0.660. The lowest BCUT2D eigenvalue weighted by Crippen LogP contribution is -2.32. The first kappa shape index (κ1) is 12.6. The van der Waals surface area contributed by atoms with E-state index < -0.39 is 0 Å². The molecule has 0 aliphatic carbocycles. The summed E-state index contributed by atoms with van der Waals surface area (Å²) < 4.78 is 6.56. The van der Waals surface area contributed by atoms with E-state index in [1.165, 1.54) is 11.8 Å². The van der Waals surface area contributed by atoms with Crippen LogP contribution in [0.25, 0.3) is 0 Å². The van der Waals surface area contributed by atoms with Gasteiger partial charge in [-0.3, -0.25) is 14.6 Å². The second-order valence-electron chi connectivity index (χ2n) is 3.57. The highest BCUT2D eigenvalue weighted by Gasteiger charge is 2.12. The summed E-state index contributed by atoms with van der Waals surface area (Å²) in [6.07, 6.45) is 1.66. The molecule has 0 bridgehead atoms. The number of aromatic nitrogens is 2. The minimum Gasteiger partial charge on any atom is -0.288 e. The first-order valence-electron chi connectivity index (χ1n) is 5.62. The van der Waals surface area contributed by atoms with E-state index in [1.807, 2.05) is 37.3 Å². The number of carbonyl (C=O) groups is 1. The number of nitrogens with zero attached hydrogens (tertiary/aromatic N) is 2. The zero-order valence-electron chi connectivity index (χ0n) is 10.00. The first-order valence-corrected chi connectivity index (χ1v) is 6.60. The van der Waals surface area contributed by atoms with Gasteiger partial charge in [0.2, 0.25) is 11.2 Å². The van der Waals surface area contributed by atoms with E-state index in [0.717, 1.165) is 4.90 Å². The van der Waals surface area contributed by atoms with Gasteiger partial charge in [-0.05, 0) is 19.1 Å². The van der Waals surface area contributed by atoms with Crippen LogP contribution in [0.2, 0.25) is 0 Å². The molecule has 6 heteroatoms. The van der Waals surface area contributed by atoms with Gasteiger partial charge in [0.15, 0.2) is 6.54 Å². The lowest BCUT2D eigenvalue weighted by molar-refractivity contribution is -0.759. The molecule has 1 aromatic carbocycles. The SMILES string of the molecule is CC[n+]1cc(NC(=O)CSc2ccccc2)on1. The van der Waals surface area contributed by atoms with Gasteiger partial charge in [0.1, 0.15) is 0 Å². The summed E-state index contributed by atoms with van der Waals surface area (Å²) in [6, 6.07) is 9.78. The average molecular weight is 264 g/mol. The minimum atomic E-state index is -0.108. The van der Waals surface area contributed by atoms with Crippen LogP contribution in [0.4, 0.5) is 5.88 Å². The van der Waals surface area contributed by atoms with Gasteiger partial charge in [-0.1, -0.05) is 22.9 Å². The topological polar surface area (TPSA) is 59.0 Å². The molecule has 1 heterocycles. The highest BCUT2D eigenvalue weighted by Crippen LogP contribution is 2.16. The molecule has 0 radical (unpaired) electrons. The normalized spacial score (nSPS) is 10.3. The molecule has 0 atom stereocenters. The van der Waals surface area contributed by atoms with Crippen LogP contribution in [-0.2, 0) is 11.3 Å². The largest absolute Gasteiger partial charge is 0.302 e. The zero-order valence-corrected chi connectivity index (χ0v) is 10.8. The van der Waals surface area contributed by atoms with Crippen molar-refractivity contribution in [1.82, 2.24) is 5.27 Å². The standard InChI is InChI=1S/C12H13N3O2S/c1-2-15-8-12(17-14-15)13-11(16)9-18-10-6-4-3-5-7-10/h3-8H,2,9H2,1H3/p+1. The Kier molecular flexibility index (Phi) is 4.35. The van der Waals surface area contributed by atoms with Gasteiger partial charge in [0, 0.05) is 4.90 Å². The number of carbonyl (C=O) groups excluding carboxylic acids is 1. The van der Waals surface area contributed by atoms with Gasteiger partial charge < -0.3 is 0 Å². The first-order chi connectivity index (χ1) is 8.78. The summed E-state index contributed by atoms with van der Waals surface area (Å²) in [5, 5.41) is 6.38. The van der Waals surface area contributed by atoms with E-state index in [2.05, 4.69) is 10.6 Å². The van der Waals surface area contributed by atoms with Crippen molar-refractivity contribution in [2.24, 2.45) is 0 Å². The Morgan fingerprint density at radius 2 is 2.22 bits per heavy atom. The summed E-state index contributed by atoms with van der Waals surface area (Å²) in [6.45, 7) is 2.65. The molecule has 0 aliphatic heterocycles. The minimum absolute atomic E-state index is 0.108. The van der Waals surface area contributed by atoms with Gasteiger partial charge in [0.05, 0.1) is 5.75 Å². The predicted molar refractivity (Wildman–Crippen MR) is 68.2 cm³/mol. The van der Waals surface area contributed by atoms with E-state index >= 15 is 0 Å². The molecule has 1 amide bonds. The van der Waals surface area contributed by atoms with Crippen molar-refractivity contribution in [3.8, 4) is 0 Å². The van der Waals surface area contributed by atoms with Gasteiger partial charge >= 0.3 is 5.88 Å². The molecule has 0 saturated heterocycles. The number of thioether (sulfide) groups is 1. The smallest absolute Gasteiger partial charge is 0.288 e. The summed E-state index contributed by atoms with van der Waals surface area (Å²) in [5.41, 5.74) is 0. The number of aryl methyl sites for hydroxylation is 1. The molecule has 18 heavy (non-hydrogen) atoms. The molecule has 0 fully saturated rings. The number of anilines is 1. The monoisotopic (exact) mass is 264 g/mol. The Labute approximate surface area is 109 Å². The van der Waals surface area contributed by atoms with E-state index in [0.29, 0.717) is 18.2 Å². The molecule has 0 aliphatic rings. The van der Waals surface area contributed by atoms with Crippen LogP contribution in [0, 0.1) is 0 Å². The maximum atomic E-state index is 11.7. The lowest BCUT2D eigenvalue weighted by Gasteiger charge is -2.00. The fourth-order valence-electron chi connectivity index (χ4n) is 1.32. The summed E-state index contributed by atoms with van der Waals surface area (Å²) in [4.78, 5) is 12.7. The maximum absolute atomic E-state index is 11.7. The molecule has 0 spiro atoms. The zero-order chi connectivity index (χ0) is 12.8. The number of benzene rings is 1. The summed E-state index contributed by atoms with van der Waals surface area (Å²) >= 11 is 1.48. The van der Waals surface area contributed by atoms with Gasteiger partial charge in [-0.25, -0.2) is 0 Å². The average Bonchev–Trinajstić information content (AvgIpc) is 2.85.